The number of benzene rings is 1. The van der Waals surface area contributed by atoms with Crippen LogP contribution in [0.3, 0.4) is 0 Å². The Balaban J connectivity index is 2.05. The average molecular weight is 369 g/mol. The molecule has 1 aromatic rings. The predicted octanol–water partition coefficient (Wildman–Crippen LogP) is -0.190. The van der Waals surface area contributed by atoms with E-state index < -0.39 is 16.1 Å². The number of nitrogens with zero attached hydrogens (tertiary/aromatic N) is 3. The Morgan fingerprint density at radius 2 is 1.92 bits per heavy atom. The van der Waals surface area contributed by atoms with E-state index in [-0.39, 0.29) is 5.91 Å². The second-order valence-corrected chi connectivity index (χ2v) is 8.64. The molecule has 0 radical (unpaired) electrons. The van der Waals surface area contributed by atoms with Gasteiger partial charge in [-0.05, 0) is 19.7 Å². The minimum absolute atomic E-state index is 0.231. The molecule has 1 aliphatic rings. The van der Waals surface area contributed by atoms with Crippen LogP contribution < -0.4 is 5.32 Å². The van der Waals surface area contributed by atoms with E-state index >= 15 is 0 Å². The Morgan fingerprint density at radius 3 is 2.52 bits per heavy atom. The lowest BCUT2D eigenvalue weighted by atomic mass is 10.1. The van der Waals surface area contributed by atoms with Crippen LogP contribution in [-0.4, -0.2) is 87.5 Å². The topological polar surface area (TPSA) is 73.0 Å². The van der Waals surface area contributed by atoms with Gasteiger partial charge >= 0.3 is 0 Å². The van der Waals surface area contributed by atoms with Crippen LogP contribution in [0.4, 0.5) is 0 Å². The molecule has 2 rings (SSSR count). The van der Waals surface area contributed by atoms with Crippen molar-refractivity contribution >= 4 is 15.9 Å². The monoisotopic (exact) mass is 368 g/mol. The first-order valence-corrected chi connectivity index (χ1v) is 10.3. The number of amides is 1. The smallest absolute Gasteiger partial charge is 0.239 e. The lowest BCUT2D eigenvalue weighted by molar-refractivity contribution is -0.126. The molecule has 8 heteroatoms. The van der Waals surface area contributed by atoms with E-state index in [1.165, 1.54) is 10.6 Å². The molecule has 1 atom stereocenters. The van der Waals surface area contributed by atoms with E-state index in [0.717, 1.165) is 5.56 Å². The van der Waals surface area contributed by atoms with Crippen molar-refractivity contribution in [2.75, 3.05) is 53.1 Å². The first kappa shape index (κ1) is 19.8. The third kappa shape index (κ3) is 6.07. The summed E-state index contributed by atoms with van der Waals surface area (Å²) in [6, 6.07) is 9.31. The maximum absolute atomic E-state index is 12.6. The molecule has 1 heterocycles. The Labute approximate surface area is 150 Å². The summed E-state index contributed by atoms with van der Waals surface area (Å²) >= 11 is 0. The highest BCUT2D eigenvalue weighted by molar-refractivity contribution is 7.88. The zero-order chi connectivity index (χ0) is 18.4. The fourth-order valence-corrected chi connectivity index (χ4v) is 3.98. The largest absolute Gasteiger partial charge is 0.353 e. The van der Waals surface area contributed by atoms with Crippen LogP contribution in [0.2, 0.25) is 0 Å². The van der Waals surface area contributed by atoms with Gasteiger partial charge in [0.15, 0.2) is 0 Å². The van der Waals surface area contributed by atoms with Gasteiger partial charge in [0.1, 0.15) is 6.04 Å². The van der Waals surface area contributed by atoms with Gasteiger partial charge in [0, 0.05) is 39.3 Å². The number of piperazine rings is 1. The van der Waals surface area contributed by atoms with Gasteiger partial charge in [0.2, 0.25) is 15.9 Å². The van der Waals surface area contributed by atoms with E-state index in [2.05, 4.69) is 10.2 Å². The SMILES string of the molecule is CN(C)CCNC(=O)C1CN(Cc2ccccc2)CCN1S(C)(=O)=O. The molecule has 1 aromatic carbocycles. The highest BCUT2D eigenvalue weighted by Crippen LogP contribution is 2.16. The maximum Gasteiger partial charge on any atom is 0.239 e. The highest BCUT2D eigenvalue weighted by Gasteiger charge is 2.37. The molecule has 0 spiro atoms. The average Bonchev–Trinajstić information content (AvgIpc) is 2.54. The molecule has 1 fully saturated rings. The lowest BCUT2D eigenvalue weighted by Gasteiger charge is -2.39. The molecular weight excluding hydrogens is 340 g/mol. The van der Waals surface area contributed by atoms with Crippen molar-refractivity contribution in [3.05, 3.63) is 35.9 Å². The maximum atomic E-state index is 12.6. The van der Waals surface area contributed by atoms with Gasteiger partial charge in [-0.3, -0.25) is 9.69 Å². The second-order valence-electron chi connectivity index (χ2n) is 6.70. The van der Waals surface area contributed by atoms with Crippen LogP contribution in [0, 0.1) is 0 Å². The summed E-state index contributed by atoms with van der Waals surface area (Å²) in [6.45, 7) is 3.26. The van der Waals surface area contributed by atoms with Crippen LogP contribution in [0.25, 0.3) is 0 Å². The van der Waals surface area contributed by atoms with Gasteiger partial charge in [0.05, 0.1) is 6.26 Å². The minimum Gasteiger partial charge on any atom is -0.353 e. The summed E-state index contributed by atoms with van der Waals surface area (Å²) in [6.07, 6.45) is 1.17. The summed E-state index contributed by atoms with van der Waals surface area (Å²) in [5.41, 5.74) is 1.15. The number of nitrogens with one attached hydrogen (secondary N) is 1. The molecule has 0 aliphatic carbocycles. The molecule has 1 saturated heterocycles. The number of hydrogen-bond acceptors (Lipinski definition) is 5. The van der Waals surface area contributed by atoms with Gasteiger partial charge < -0.3 is 10.2 Å². The zero-order valence-electron chi connectivity index (χ0n) is 15.2. The van der Waals surface area contributed by atoms with Gasteiger partial charge in [-0.25, -0.2) is 8.42 Å². The van der Waals surface area contributed by atoms with Crippen LogP contribution in [0.15, 0.2) is 30.3 Å². The standard InChI is InChI=1S/C17H28N4O3S/c1-19(2)10-9-18-17(22)16-14-20(11-12-21(16)25(3,23)24)13-15-7-5-4-6-8-15/h4-8,16H,9-14H2,1-3H3,(H,18,22). The number of rotatable bonds is 7. The second kappa shape index (κ2) is 8.75. The molecule has 1 aliphatic heterocycles. The molecule has 0 bridgehead atoms. The number of hydrogen-bond donors (Lipinski definition) is 1. The Hall–Kier alpha value is -1.48. The highest BCUT2D eigenvalue weighted by atomic mass is 32.2. The molecule has 1 unspecified atom stereocenters. The first-order chi connectivity index (χ1) is 11.8. The molecule has 1 N–H and O–H groups in total. The van der Waals surface area contributed by atoms with Crippen molar-refractivity contribution < 1.29 is 13.2 Å². The van der Waals surface area contributed by atoms with Gasteiger partial charge in [0.25, 0.3) is 0 Å². The minimum atomic E-state index is -3.42. The normalized spacial score (nSPS) is 19.9. The molecule has 25 heavy (non-hydrogen) atoms. The van der Waals surface area contributed by atoms with Crippen molar-refractivity contribution in [3.8, 4) is 0 Å². The van der Waals surface area contributed by atoms with Crippen molar-refractivity contribution in [2.45, 2.75) is 12.6 Å². The molecular formula is C17H28N4O3S. The molecule has 1 amide bonds. The third-order valence-electron chi connectivity index (χ3n) is 4.25. The number of likely N-dealkylation sites (N-methyl/N-ethyl adjacent to an activating group) is 1. The van der Waals surface area contributed by atoms with Gasteiger partial charge in [-0.2, -0.15) is 4.31 Å². The Bertz CT molecular complexity index is 664. The van der Waals surface area contributed by atoms with Crippen molar-refractivity contribution in [3.63, 3.8) is 0 Å². The van der Waals surface area contributed by atoms with E-state index in [9.17, 15) is 13.2 Å². The van der Waals surface area contributed by atoms with Crippen molar-refractivity contribution in [1.82, 2.24) is 19.4 Å². The predicted molar refractivity (Wildman–Crippen MR) is 98.6 cm³/mol. The summed E-state index contributed by atoms with van der Waals surface area (Å²) in [4.78, 5) is 16.7. The Morgan fingerprint density at radius 1 is 1.24 bits per heavy atom. The van der Waals surface area contributed by atoms with Gasteiger partial charge in [-0.15, -0.1) is 0 Å². The van der Waals surface area contributed by atoms with E-state index in [4.69, 9.17) is 0 Å². The quantitative estimate of drug-likeness (QED) is 0.722. The van der Waals surface area contributed by atoms with Crippen LogP contribution >= 0.6 is 0 Å². The molecule has 140 valence electrons. The van der Waals surface area contributed by atoms with Crippen LogP contribution in [0.1, 0.15) is 5.56 Å². The van der Waals surface area contributed by atoms with Crippen molar-refractivity contribution in [2.24, 2.45) is 0 Å². The fourth-order valence-electron chi connectivity index (χ4n) is 2.94. The van der Waals surface area contributed by atoms with E-state index in [1.54, 1.807) is 0 Å². The first-order valence-electron chi connectivity index (χ1n) is 8.43. The van der Waals surface area contributed by atoms with E-state index in [0.29, 0.717) is 39.3 Å². The van der Waals surface area contributed by atoms with Crippen LogP contribution in [0.5, 0.6) is 0 Å². The third-order valence-corrected chi connectivity index (χ3v) is 5.54. The molecule has 0 aromatic heterocycles. The lowest BCUT2D eigenvalue weighted by Crippen LogP contribution is -2.60. The summed E-state index contributed by atoms with van der Waals surface area (Å²) in [5, 5.41) is 2.86. The fraction of sp³-hybridized carbons (Fsp3) is 0.588. The molecule has 7 nitrogen and oxygen atoms in total. The number of carbonyl (C=O) groups excluding carboxylic acids is 1. The summed E-state index contributed by atoms with van der Waals surface area (Å²) in [5.74, 6) is -0.231. The van der Waals surface area contributed by atoms with Crippen molar-refractivity contribution in [1.29, 1.82) is 0 Å². The van der Waals surface area contributed by atoms with E-state index in [1.807, 2.05) is 49.3 Å². The summed E-state index contributed by atoms with van der Waals surface area (Å²) < 4.78 is 25.5. The van der Waals surface area contributed by atoms with Crippen LogP contribution in [-0.2, 0) is 21.4 Å². The number of carbonyl (C=O) groups is 1. The summed E-state index contributed by atoms with van der Waals surface area (Å²) in [7, 11) is 0.433. The zero-order valence-corrected chi connectivity index (χ0v) is 16.0. The van der Waals surface area contributed by atoms with Gasteiger partial charge in [-0.1, -0.05) is 30.3 Å². The molecule has 0 saturated carbocycles. The number of sulfonamides is 1. The Kier molecular flexibility index (Phi) is 6.95.